The van der Waals surface area contributed by atoms with Gasteiger partial charge in [0.2, 0.25) is 0 Å². The Morgan fingerprint density at radius 3 is 2.07 bits per heavy atom. The molecule has 4 bridgehead atoms. The van der Waals surface area contributed by atoms with Crippen LogP contribution in [0, 0.1) is 23.7 Å². The lowest BCUT2D eigenvalue weighted by atomic mass is 9.43. The molecule has 6 aliphatic rings. The third-order valence-corrected chi connectivity index (χ3v) is 16.1. The molecule has 8 rings (SSSR count). The maximum absolute atomic E-state index is 4.07. The molecule has 0 radical (unpaired) electrons. The van der Waals surface area contributed by atoms with E-state index in [-0.39, 0.29) is 13.3 Å². The minimum absolute atomic E-state index is 0.00491. The minimum Gasteiger partial charge on any atom is -0.310 e. The summed E-state index contributed by atoms with van der Waals surface area (Å²) in [5.74, 6) is 5.15. The topological polar surface area (TPSA) is 24.1 Å². The van der Waals surface area contributed by atoms with Crippen LogP contribution in [0.3, 0.4) is 0 Å². The van der Waals surface area contributed by atoms with Gasteiger partial charge in [-0.3, -0.25) is 0 Å². The summed E-state index contributed by atoms with van der Waals surface area (Å²) in [5, 5.41) is 8.14. The Bertz CT molecular complexity index is 1150. The molecule has 2 heterocycles. The van der Waals surface area contributed by atoms with Crippen LogP contribution in [0.1, 0.15) is 107 Å². The summed E-state index contributed by atoms with van der Waals surface area (Å²) in [7, 11) is 3.04. The maximum Gasteiger partial charge on any atom is 0.0286 e. The van der Waals surface area contributed by atoms with Gasteiger partial charge in [0.05, 0.1) is 0 Å². The van der Waals surface area contributed by atoms with E-state index in [1.807, 2.05) is 0 Å². The monoisotopic (exact) mass is 588 g/mol. The van der Waals surface area contributed by atoms with Gasteiger partial charge in [-0.05, 0) is 135 Å². The van der Waals surface area contributed by atoms with Crippen molar-refractivity contribution in [2.75, 3.05) is 19.3 Å². The first-order valence-corrected chi connectivity index (χ1v) is 19.6. The summed E-state index contributed by atoms with van der Waals surface area (Å²) in [6.07, 6.45) is 18.3. The Morgan fingerprint density at radius 1 is 0.829 bits per heavy atom. The molecule has 6 fully saturated rings. The van der Waals surface area contributed by atoms with Crippen molar-refractivity contribution in [1.29, 1.82) is 0 Å². The van der Waals surface area contributed by atoms with Gasteiger partial charge in [-0.1, -0.05) is 83.1 Å². The zero-order chi connectivity index (χ0) is 28.0. The lowest BCUT2D eigenvalue weighted by Gasteiger charge is -2.62. The molecule has 222 valence electrons. The molecule has 4 saturated carbocycles. The number of rotatable bonds is 8. The molecule has 4 heteroatoms. The van der Waals surface area contributed by atoms with Crippen LogP contribution < -0.4 is 10.6 Å². The van der Waals surface area contributed by atoms with E-state index in [9.17, 15) is 0 Å². The Hall–Kier alpha value is -0.780. The SMILES string of the molecule is CC(C)(c1ccccc1)c1ccc(C23CC4CC(CC(C4)C2CP)C3)c(CP(C2CCCCN2)C2CCCCN2)c1. The van der Waals surface area contributed by atoms with Crippen molar-refractivity contribution in [3.63, 3.8) is 0 Å². The zero-order valence-electron chi connectivity index (χ0n) is 25.7. The average Bonchev–Trinajstić information content (AvgIpc) is 3.00. The first-order chi connectivity index (χ1) is 20.0. The molecular formula is C37H54N2P2. The van der Waals surface area contributed by atoms with E-state index < -0.39 is 0 Å². The second kappa shape index (κ2) is 12.0. The number of piperidine rings is 2. The van der Waals surface area contributed by atoms with Crippen LogP contribution in [0.15, 0.2) is 48.5 Å². The van der Waals surface area contributed by atoms with Crippen molar-refractivity contribution in [3.8, 4) is 0 Å². The maximum atomic E-state index is 4.07. The van der Waals surface area contributed by atoms with E-state index in [1.54, 1.807) is 11.1 Å². The molecule has 6 unspecified atom stereocenters. The molecule has 2 aliphatic heterocycles. The average molecular weight is 589 g/mol. The fraction of sp³-hybridized carbons (Fsp3) is 0.676. The highest BCUT2D eigenvalue weighted by molar-refractivity contribution is 7.58. The number of hydrogen-bond donors (Lipinski definition) is 2. The first kappa shape index (κ1) is 29.0. The summed E-state index contributed by atoms with van der Waals surface area (Å²) in [6.45, 7) is 7.33. The molecule has 2 aromatic rings. The molecular weight excluding hydrogens is 534 g/mol. The summed E-state index contributed by atoms with van der Waals surface area (Å²) in [6, 6.07) is 19.2. The van der Waals surface area contributed by atoms with E-state index in [0.717, 1.165) is 23.7 Å². The second-order valence-corrected chi connectivity index (χ2v) is 18.1. The van der Waals surface area contributed by atoms with Gasteiger partial charge < -0.3 is 10.6 Å². The molecule has 2 aromatic carbocycles. The number of nitrogens with one attached hydrogen (secondary N) is 2. The quantitative estimate of drug-likeness (QED) is 0.301. The lowest BCUT2D eigenvalue weighted by Crippen LogP contribution is -2.56. The Labute approximate surface area is 254 Å². The smallest absolute Gasteiger partial charge is 0.0286 e. The van der Waals surface area contributed by atoms with Gasteiger partial charge in [0, 0.05) is 17.0 Å². The molecule has 2 nitrogen and oxygen atoms in total. The zero-order valence-corrected chi connectivity index (χ0v) is 27.8. The molecule has 6 atom stereocenters. The van der Waals surface area contributed by atoms with Crippen molar-refractivity contribution >= 4 is 17.2 Å². The van der Waals surface area contributed by atoms with Crippen molar-refractivity contribution < 1.29 is 0 Å². The van der Waals surface area contributed by atoms with Crippen LogP contribution in [0.4, 0.5) is 0 Å². The largest absolute Gasteiger partial charge is 0.310 e. The summed E-state index contributed by atoms with van der Waals surface area (Å²) >= 11 is 0. The molecule has 0 aromatic heterocycles. The standard InChI is InChI=1S/C37H54N2P2/c1-36(2,30-10-4-3-5-11-30)31-14-15-32(37-22-26-18-27(23-37)20-28(19-26)33(37)24-40)29(21-31)25-41(34-12-6-8-16-38-34)35-13-7-9-17-39-35/h3-5,10-11,14-15,21,26-28,33-35,38-39H,6-9,12-13,16-20,22-25,40H2,1-2H3. The van der Waals surface area contributed by atoms with Gasteiger partial charge >= 0.3 is 0 Å². The Balaban J connectivity index is 1.33. The van der Waals surface area contributed by atoms with Crippen LogP contribution in [0.25, 0.3) is 0 Å². The normalized spacial score (nSPS) is 35.9. The van der Waals surface area contributed by atoms with E-state index in [2.05, 4.69) is 82.3 Å². The predicted molar refractivity (Wildman–Crippen MR) is 180 cm³/mol. The third-order valence-electron chi connectivity index (χ3n) is 12.4. The first-order valence-electron chi connectivity index (χ1n) is 17.1. The highest BCUT2D eigenvalue weighted by Gasteiger charge is 2.57. The molecule has 0 amide bonds. The van der Waals surface area contributed by atoms with E-state index in [1.165, 1.54) is 107 Å². The van der Waals surface area contributed by atoms with Gasteiger partial charge in [-0.2, -0.15) is 0 Å². The van der Waals surface area contributed by atoms with Crippen LogP contribution >= 0.6 is 17.2 Å². The highest BCUT2D eigenvalue weighted by Crippen LogP contribution is 2.65. The van der Waals surface area contributed by atoms with Gasteiger partial charge in [0.25, 0.3) is 0 Å². The van der Waals surface area contributed by atoms with Crippen molar-refractivity contribution in [1.82, 2.24) is 10.6 Å². The fourth-order valence-electron chi connectivity index (χ4n) is 10.5. The molecule has 0 spiro atoms. The van der Waals surface area contributed by atoms with E-state index >= 15 is 0 Å². The van der Waals surface area contributed by atoms with Gasteiger partial charge in [-0.25, -0.2) is 0 Å². The molecule has 2 saturated heterocycles. The third kappa shape index (κ3) is 5.41. The molecule has 41 heavy (non-hydrogen) atoms. The van der Waals surface area contributed by atoms with Crippen molar-refractivity contribution in [3.05, 3.63) is 70.8 Å². The van der Waals surface area contributed by atoms with Crippen molar-refractivity contribution in [2.45, 2.75) is 113 Å². The van der Waals surface area contributed by atoms with Crippen LogP contribution in [-0.2, 0) is 17.0 Å². The predicted octanol–water partition coefficient (Wildman–Crippen LogP) is 8.76. The van der Waals surface area contributed by atoms with Crippen molar-refractivity contribution in [2.24, 2.45) is 23.7 Å². The van der Waals surface area contributed by atoms with Crippen LogP contribution in [0.2, 0.25) is 0 Å². The molecule has 4 aliphatic carbocycles. The Kier molecular flexibility index (Phi) is 8.45. The lowest BCUT2D eigenvalue weighted by molar-refractivity contribution is -0.0520. The molecule has 2 N–H and O–H groups in total. The Morgan fingerprint density at radius 2 is 1.49 bits per heavy atom. The van der Waals surface area contributed by atoms with E-state index in [4.69, 9.17) is 0 Å². The summed E-state index contributed by atoms with van der Waals surface area (Å²) in [4.78, 5) is 0. The van der Waals surface area contributed by atoms with Crippen LogP contribution in [-0.4, -0.2) is 30.8 Å². The second-order valence-electron chi connectivity index (χ2n) is 15.1. The minimum atomic E-state index is -0.179. The summed E-state index contributed by atoms with van der Waals surface area (Å²) < 4.78 is 0. The van der Waals surface area contributed by atoms with Gasteiger partial charge in [0.1, 0.15) is 0 Å². The number of hydrogen-bond acceptors (Lipinski definition) is 2. The highest BCUT2D eigenvalue weighted by atomic mass is 31.1. The van der Waals surface area contributed by atoms with Gasteiger partial charge in [-0.15, -0.1) is 9.24 Å². The van der Waals surface area contributed by atoms with Gasteiger partial charge in [0.15, 0.2) is 0 Å². The van der Waals surface area contributed by atoms with E-state index in [0.29, 0.717) is 17.0 Å². The summed E-state index contributed by atoms with van der Waals surface area (Å²) in [5.41, 5.74) is 6.88. The fourth-order valence-corrected chi connectivity index (χ4v) is 14.6. The number of benzene rings is 2. The van der Waals surface area contributed by atoms with Crippen LogP contribution in [0.5, 0.6) is 0 Å².